The molecule has 0 saturated carbocycles. The summed E-state index contributed by atoms with van der Waals surface area (Å²) >= 11 is 3.33. The van der Waals surface area contributed by atoms with Crippen LogP contribution in [0.25, 0.3) is 11.3 Å². The molecule has 0 saturated heterocycles. The third-order valence-corrected chi connectivity index (χ3v) is 3.65. The fourth-order valence-electron chi connectivity index (χ4n) is 1.93. The Bertz CT molecular complexity index is 768. The summed E-state index contributed by atoms with van der Waals surface area (Å²) in [7, 11) is 0. The first kappa shape index (κ1) is 13.8. The van der Waals surface area contributed by atoms with E-state index in [2.05, 4.69) is 21.1 Å². The molecule has 2 aromatic carbocycles. The molecule has 0 aliphatic carbocycles. The molecule has 0 aliphatic rings. The van der Waals surface area contributed by atoms with E-state index >= 15 is 0 Å². The van der Waals surface area contributed by atoms with Gasteiger partial charge in [0, 0.05) is 17.2 Å². The van der Waals surface area contributed by atoms with E-state index in [4.69, 9.17) is 9.26 Å². The average molecular weight is 348 g/mol. The molecular weight excluding hydrogens is 337 g/mol. The van der Waals surface area contributed by atoms with Crippen LogP contribution in [0.3, 0.4) is 0 Å². The van der Waals surface area contributed by atoms with Crippen molar-refractivity contribution in [3.8, 4) is 22.8 Å². The zero-order valence-electron chi connectivity index (χ0n) is 11.1. The minimum absolute atomic E-state index is 0.344. The van der Waals surface area contributed by atoms with E-state index in [9.17, 15) is 4.39 Å². The highest BCUT2D eigenvalue weighted by Gasteiger charge is 2.08. The highest BCUT2D eigenvalue weighted by atomic mass is 79.9. The van der Waals surface area contributed by atoms with Crippen LogP contribution in [-0.2, 0) is 0 Å². The number of hydrogen-bond donors (Lipinski definition) is 0. The van der Waals surface area contributed by atoms with E-state index in [0.29, 0.717) is 16.0 Å². The molecule has 0 radical (unpaired) electrons. The molecule has 3 rings (SSSR count). The van der Waals surface area contributed by atoms with Gasteiger partial charge >= 0.3 is 0 Å². The first-order chi connectivity index (χ1) is 10.1. The summed E-state index contributed by atoms with van der Waals surface area (Å²) in [4.78, 5) is 0. The zero-order valence-corrected chi connectivity index (χ0v) is 12.7. The Labute approximate surface area is 129 Å². The second kappa shape index (κ2) is 5.69. The zero-order chi connectivity index (χ0) is 14.8. The van der Waals surface area contributed by atoms with Crippen LogP contribution < -0.4 is 4.74 Å². The molecule has 1 heterocycles. The number of aromatic nitrogens is 1. The number of ether oxygens (including phenoxy) is 1. The Balaban J connectivity index is 1.85. The molecule has 1 aromatic heterocycles. The summed E-state index contributed by atoms with van der Waals surface area (Å²) in [5.74, 6) is 0.703. The molecular formula is C16H11BrFNO2. The van der Waals surface area contributed by atoms with Gasteiger partial charge in [0.1, 0.15) is 29.3 Å². The highest BCUT2D eigenvalue weighted by Crippen LogP contribution is 2.31. The van der Waals surface area contributed by atoms with Gasteiger partial charge in [-0.3, -0.25) is 0 Å². The maximum absolute atomic E-state index is 13.2. The van der Waals surface area contributed by atoms with Crippen molar-refractivity contribution in [1.82, 2.24) is 5.16 Å². The summed E-state index contributed by atoms with van der Waals surface area (Å²) in [5, 5.41) is 3.95. The molecule has 0 atom stereocenters. The molecule has 0 fully saturated rings. The Morgan fingerprint density at radius 1 is 1.14 bits per heavy atom. The van der Waals surface area contributed by atoms with E-state index in [1.807, 2.05) is 19.1 Å². The number of nitrogens with zero attached hydrogens (tertiary/aromatic N) is 1. The Hall–Kier alpha value is -2.14. The van der Waals surface area contributed by atoms with Crippen molar-refractivity contribution in [2.24, 2.45) is 0 Å². The van der Waals surface area contributed by atoms with Crippen molar-refractivity contribution >= 4 is 15.9 Å². The third-order valence-electron chi connectivity index (χ3n) is 3.00. The van der Waals surface area contributed by atoms with Gasteiger partial charge in [-0.2, -0.15) is 0 Å². The lowest BCUT2D eigenvalue weighted by Gasteiger charge is -2.08. The van der Waals surface area contributed by atoms with Crippen LogP contribution in [0.4, 0.5) is 4.39 Å². The fraction of sp³-hybridized carbons (Fsp3) is 0.0625. The average Bonchev–Trinajstić information content (AvgIpc) is 2.90. The SMILES string of the molecule is Cc1conc1-c1ccc(Oc2cc(F)ccc2Br)cc1. The largest absolute Gasteiger partial charge is 0.456 e. The lowest BCUT2D eigenvalue weighted by atomic mass is 10.1. The first-order valence-corrected chi connectivity index (χ1v) is 7.07. The number of halogens is 2. The van der Waals surface area contributed by atoms with Crippen LogP contribution in [0.15, 0.2) is 57.7 Å². The molecule has 3 aromatic rings. The molecule has 0 amide bonds. The van der Waals surface area contributed by atoms with Crippen molar-refractivity contribution in [1.29, 1.82) is 0 Å². The molecule has 0 bridgehead atoms. The van der Waals surface area contributed by atoms with Gasteiger partial charge in [-0.25, -0.2) is 4.39 Å². The van der Waals surface area contributed by atoms with Crippen LogP contribution >= 0.6 is 15.9 Å². The smallest absolute Gasteiger partial charge is 0.144 e. The molecule has 0 unspecified atom stereocenters. The van der Waals surface area contributed by atoms with E-state index in [1.54, 1.807) is 24.5 Å². The van der Waals surface area contributed by atoms with Crippen molar-refractivity contribution in [3.05, 3.63) is 64.6 Å². The standard InChI is InChI=1S/C16H11BrFNO2/c1-10-9-20-19-16(10)11-2-5-13(6-3-11)21-15-8-12(18)4-7-14(15)17/h2-9H,1H3. The molecule has 21 heavy (non-hydrogen) atoms. The number of benzene rings is 2. The Morgan fingerprint density at radius 3 is 2.57 bits per heavy atom. The topological polar surface area (TPSA) is 35.3 Å². The van der Waals surface area contributed by atoms with Crippen molar-refractivity contribution in [2.45, 2.75) is 6.92 Å². The number of rotatable bonds is 3. The Morgan fingerprint density at radius 2 is 1.90 bits per heavy atom. The van der Waals surface area contributed by atoms with Gasteiger partial charge in [0.05, 0.1) is 4.47 Å². The summed E-state index contributed by atoms with van der Waals surface area (Å²) in [5.41, 5.74) is 2.71. The first-order valence-electron chi connectivity index (χ1n) is 6.28. The molecule has 0 spiro atoms. The van der Waals surface area contributed by atoms with Gasteiger partial charge in [-0.1, -0.05) is 5.16 Å². The van der Waals surface area contributed by atoms with Crippen molar-refractivity contribution in [3.63, 3.8) is 0 Å². The van der Waals surface area contributed by atoms with E-state index < -0.39 is 0 Å². The second-order valence-corrected chi connectivity index (χ2v) is 5.40. The molecule has 106 valence electrons. The molecule has 0 N–H and O–H groups in total. The minimum atomic E-state index is -0.344. The van der Waals surface area contributed by atoms with Crippen molar-refractivity contribution < 1.29 is 13.7 Å². The maximum Gasteiger partial charge on any atom is 0.144 e. The molecule has 0 aliphatic heterocycles. The van der Waals surface area contributed by atoms with E-state index in [-0.39, 0.29) is 5.82 Å². The summed E-state index contributed by atoms with van der Waals surface area (Å²) in [6.07, 6.45) is 1.60. The Kier molecular flexibility index (Phi) is 3.75. The van der Waals surface area contributed by atoms with Crippen LogP contribution in [0.5, 0.6) is 11.5 Å². The summed E-state index contributed by atoms with van der Waals surface area (Å²) in [6.45, 7) is 1.93. The van der Waals surface area contributed by atoms with Crippen LogP contribution in [0.1, 0.15) is 5.56 Å². The van der Waals surface area contributed by atoms with Gasteiger partial charge in [0.15, 0.2) is 0 Å². The number of aryl methyl sites for hydroxylation is 1. The van der Waals surface area contributed by atoms with Crippen LogP contribution in [-0.4, -0.2) is 5.16 Å². The van der Waals surface area contributed by atoms with Gasteiger partial charge in [-0.15, -0.1) is 0 Å². The van der Waals surface area contributed by atoms with Gasteiger partial charge in [-0.05, 0) is 59.3 Å². The second-order valence-electron chi connectivity index (χ2n) is 4.55. The monoisotopic (exact) mass is 347 g/mol. The minimum Gasteiger partial charge on any atom is -0.456 e. The number of hydrogen-bond acceptors (Lipinski definition) is 3. The maximum atomic E-state index is 13.2. The van der Waals surface area contributed by atoms with Crippen LogP contribution in [0.2, 0.25) is 0 Å². The van der Waals surface area contributed by atoms with Crippen molar-refractivity contribution in [2.75, 3.05) is 0 Å². The predicted octanol–water partition coefficient (Wildman–Crippen LogP) is 5.34. The summed E-state index contributed by atoms with van der Waals surface area (Å²) in [6, 6.07) is 11.7. The third kappa shape index (κ3) is 2.97. The van der Waals surface area contributed by atoms with E-state index in [0.717, 1.165) is 16.8 Å². The normalized spacial score (nSPS) is 10.6. The molecule has 3 nitrogen and oxygen atoms in total. The lowest BCUT2D eigenvalue weighted by molar-refractivity contribution is 0.421. The quantitative estimate of drug-likeness (QED) is 0.641. The predicted molar refractivity (Wildman–Crippen MR) is 80.9 cm³/mol. The van der Waals surface area contributed by atoms with E-state index in [1.165, 1.54) is 12.1 Å². The molecule has 5 heteroatoms. The fourth-order valence-corrected chi connectivity index (χ4v) is 2.26. The van der Waals surface area contributed by atoms with Gasteiger partial charge in [0.2, 0.25) is 0 Å². The summed E-state index contributed by atoms with van der Waals surface area (Å²) < 4.78 is 24.5. The van der Waals surface area contributed by atoms with Gasteiger partial charge in [0.25, 0.3) is 0 Å². The lowest BCUT2D eigenvalue weighted by Crippen LogP contribution is -1.87. The van der Waals surface area contributed by atoms with Crippen LogP contribution in [0, 0.1) is 12.7 Å². The highest BCUT2D eigenvalue weighted by molar-refractivity contribution is 9.10. The van der Waals surface area contributed by atoms with Gasteiger partial charge < -0.3 is 9.26 Å².